The lowest BCUT2D eigenvalue weighted by Crippen LogP contribution is -2.10. The van der Waals surface area contributed by atoms with Crippen LogP contribution in [-0.4, -0.2) is 15.5 Å². The Kier molecular flexibility index (Phi) is 4.26. The van der Waals surface area contributed by atoms with Crippen LogP contribution in [0.25, 0.3) is 0 Å². The predicted octanol–water partition coefficient (Wildman–Crippen LogP) is 1.67. The van der Waals surface area contributed by atoms with E-state index in [1.807, 2.05) is 0 Å². The normalized spacial score (nSPS) is 11.6. The van der Waals surface area contributed by atoms with E-state index in [0.717, 1.165) is 5.37 Å². The van der Waals surface area contributed by atoms with Crippen LogP contribution in [0.4, 0.5) is 0 Å². The van der Waals surface area contributed by atoms with Crippen molar-refractivity contribution in [3.8, 4) is 0 Å². The van der Waals surface area contributed by atoms with Gasteiger partial charge >= 0.3 is 0 Å². The van der Waals surface area contributed by atoms with Crippen LogP contribution in [0.5, 0.6) is 0 Å². The van der Waals surface area contributed by atoms with E-state index in [1.165, 1.54) is 16.7 Å². The summed E-state index contributed by atoms with van der Waals surface area (Å²) in [5.74, 6) is -0.0915. The highest BCUT2D eigenvalue weighted by molar-refractivity contribution is 7.66. The molecule has 0 aliphatic heterocycles. The number of carbonyl (C=O) groups excluding carboxylic acids is 1. The molecule has 0 saturated carbocycles. The van der Waals surface area contributed by atoms with Crippen LogP contribution < -0.4 is 5.73 Å². The fourth-order valence-corrected chi connectivity index (χ4v) is 2.11. The fraction of sp³-hybridized carbons (Fsp3) is 0.0667. The van der Waals surface area contributed by atoms with Crippen LogP contribution in [0.3, 0.4) is 0 Å². The molecule has 0 radical (unpaired) electrons. The number of rotatable bonds is 2. The maximum atomic E-state index is 9.55. The monoisotopic (exact) mass is 271 g/mol. The van der Waals surface area contributed by atoms with Crippen LogP contribution >= 0.6 is 0 Å². The van der Waals surface area contributed by atoms with Crippen molar-refractivity contribution >= 4 is 22.5 Å². The Morgan fingerprint density at radius 2 is 1.53 bits per heavy atom. The van der Waals surface area contributed by atoms with Crippen molar-refractivity contribution in [3.63, 3.8) is 0 Å². The first-order valence-electron chi connectivity index (χ1n) is 5.79. The van der Waals surface area contributed by atoms with Crippen molar-refractivity contribution in [1.29, 1.82) is 0 Å². The first-order valence-corrected chi connectivity index (χ1v) is 6.59. The van der Waals surface area contributed by atoms with Crippen LogP contribution in [0.15, 0.2) is 54.6 Å². The molecule has 2 N–H and O–H groups in total. The van der Waals surface area contributed by atoms with Gasteiger partial charge in [-0.3, -0.25) is 4.79 Å². The molecule has 19 heavy (non-hydrogen) atoms. The van der Waals surface area contributed by atoms with Crippen molar-refractivity contribution in [1.82, 2.24) is 0 Å². The summed E-state index contributed by atoms with van der Waals surface area (Å²) in [4.78, 5) is 9.55. The molecule has 0 saturated heterocycles. The van der Waals surface area contributed by atoms with Gasteiger partial charge in [0.05, 0.1) is 16.6 Å². The Bertz CT molecular complexity index is 611. The standard InChI is InChI=1S/C13H10.C2H3NO2S/c1-2-6-10(7-3-1)13-11-8-4-5-9-12(11)13;3-2(4)1-6-5/h1-9,13H;1H,(H2,3,4). The number of amides is 1. The lowest BCUT2D eigenvalue weighted by atomic mass is 10.1. The first kappa shape index (κ1) is 13.2. The lowest BCUT2D eigenvalue weighted by Gasteiger charge is -1.94. The van der Waals surface area contributed by atoms with E-state index in [2.05, 4.69) is 60.3 Å². The molecule has 0 heterocycles. The number of nitrogens with two attached hydrogens (primary N) is 1. The van der Waals surface area contributed by atoms with Gasteiger partial charge in [-0.05, 0) is 16.7 Å². The Labute approximate surface area is 115 Å². The summed E-state index contributed by atoms with van der Waals surface area (Å²) < 4.78 is 9.30. The Morgan fingerprint density at radius 3 is 1.95 bits per heavy atom. The third-order valence-corrected chi connectivity index (χ3v) is 3.16. The van der Waals surface area contributed by atoms with Gasteiger partial charge < -0.3 is 5.73 Å². The lowest BCUT2D eigenvalue weighted by molar-refractivity contribution is -0.111. The minimum absolute atomic E-state index is 0.0602. The number of hydrogen-bond donors (Lipinski definition) is 1. The summed E-state index contributed by atoms with van der Waals surface area (Å²) >= 11 is 0.0602. The molecule has 1 amide bonds. The zero-order valence-electron chi connectivity index (χ0n) is 10.2. The fourth-order valence-electron chi connectivity index (χ4n) is 2.01. The number of carbonyl (C=O) groups is 1. The second-order valence-corrected chi connectivity index (χ2v) is 4.52. The van der Waals surface area contributed by atoms with Gasteiger partial charge in [-0.1, -0.05) is 54.6 Å². The van der Waals surface area contributed by atoms with Crippen LogP contribution in [-0.2, 0) is 16.1 Å². The molecule has 1 aliphatic rings. The van der Waals surface area contributed by atoms with E-state index in [1.54, 1.807) is 0 Å². The SMILES string of the molecule is NC(=O)C=S=O.c1ccc(C2c3ccccc32)cc1. The van der Waals surface area contributed by atoms with Gasteiger partial charge in [0.1, 0.15) is 0 Å². The van der Waals surface area contributed by atoms with E-state index in [4.69, 9.17) is 0 Å². The second kappa shape index (κ2) is 6.11. The molecule has 3 nitrogen and oxygen atoms in total. The average molecular weight is 271 g/mol. The molecular weight excluding hydrogens is 258 g/mol. The zero-order chi connectivity index (χ0) is 13.7. The van der Waals surface area contributed by atoms with Crippen molar-refractivity contribution in [2.24, 2.45) is 5.73 Å². The number of fused-ring (bicyclic) bond motifs is 1. The summed E-state index contributed by atoms with van der Waals surface area (Å²) in [7, 11) is 0. The smallest absolute Gasteiger partial charge is 0.254 e. The molecule has 0 atom stereocenters. The van der Waals surface area contributed by atoms with E-state index in [0.29, 0.717) is 5.92 Å². The van der Waals surface area contributed by atoms with E-state index in [-0.39, 0.29) is 11.3 Å². The summed E-state index contributed by atoms with van der Waals surface area (Å²) in [6.07, 6.45) is 0. The summed E-state index contributed by atoms with van der Waals surface area (Å²) in [6.45, 7) is 0. The summed E-state index contributed by atoms with van der Waals surface area (Å²) in [5, 5.41) is 0.792. The van der Waals surface area contributed by atoms with Gasteiger partial charge in [0.25, 0.3) is 5.91 Å². The zero-order valence-corrected chi connectivity index (χ0v) is 11.0. The topological polar surface area (TPSA) is 60.2 Å². The Balaban J connectivity index is 0.000000192. The maximum absolute atomic E-state index is 9.55. The quantitative estimate of drug-likeness (QED) is 0.721. The molecule has 2 aromatic rings. The van der Waals surface area contributed by atoms with E-state index >= 15 is 0 Å². The molecule has 0 fully saturated rings. The minimum atomic E-state index is -0.685. The van der Waals surface area contributed by atoms with E-state index in [9.17, 15) is 9.00 Å². The maximum Gasteiger partial charge on any atom is 0.254 e. The van der Waals surface area contributed by atoms with E-state index < -0.39 is 5.91 Å². The summed E-state index contributed by atoms with van der Waals surface area (Å²) in [6, 6.07) is 19.3. The molecule has 0 bridgehead atoms. The molecule has 3 rings (SSSR count). The number of hydrogen-bond acceptors (Lipinski definition) is 2. The van der Waals surface area contributed by atoms with Crippen molar-refractivity contribution in [2.75, 3.05) is 0 Å². The van der Waals surface area contributed by atoms with Crippen LogP contribution in [0.1, 0.15) is 22.6 Å². The third-order valence-electron chi connectivity index (χ3n) is 2.83. The minimum Gasteiger partial charge on any atom is -0.365 e. The second-order valence-electron chi connectivity index (χ2n) is 4.09. The van der Waals surface area contributed by atoms with Gasteiger partial charge in [-0.25, -0.2) is 4.21 Å². The highest BCUT2D eigenvalue weighted by Crippen LogP contribution is 2.47. The molecule has 2 aromatic carbocycles. The molecule has 0 unspecified atom stereocenters. The number of benzene rings is 2. The molecule has 96 valence electrons. The Morgan fingerprint density at radius 1 is 1.00 bits per heavy atom. The highest BCUT2D eigenvalue weighted by Gasteiger charge is 2.32. The van der Waals surface area contributed by atoms with Gasteiger partial charge in [-0.15, -0.1) is 0 Å². The van der Waals surface area contributed by atoms with Gasteiger partial charge in [0.2, 0.25) is 0 Å². The molecular formula is C15H13NO2S. The largest absolute Gasteiger partial charge is 0.365 e. The van der Waals surface area contributed by atoms with Crippen molar-refractivity contribution < 1.29 is 9.00 Å². The van der Waals surface area contributed by atoms with Gasteiger partial charge in [0.15, 0.2) is 0 Å². The van der Waals surface area contributed by atoms with Crippen molar-refractivity contribution in [2.45, 2.75) is 5.92 Å². The average Bonchev–Trinajstić information content (AvgIpc) is 3.14. The van der Waals surface area contributed by atoms with Gasteiger partial charge in [0, 0.05) is 5.92 Å². The predicted molar refractivity (Wildman–Crippen MR) is 77.2 cm³/mol. The third kappa shape index (κ3) is 3.39. The van der Waals surface area contributed by atoms with Crippen LogP contribution in [0.2, 0.25) is 0 Å². The molecule has 0 aromatic heterocycles. The van der Waals surface area contributed by atoms with Crippen molar-refractivity contribution in [3.05, 3.63) is 71.3 Å². The molecule has 1 aliphatic carbocycles. The highest BCUT2D eigenvalue weighted by atomic mass is 32.1. The molecule has 4 heteroatoms. The number of primary amides is 1. The first-order chi connectivity index (χ1) is 9.24. The molecule has 0 spiro atoms. The van der Waals surface area contributed by atoms with Gasteiger partial charge in [-0.2, -0.15) is 0 Å². The van der Waals surface area contributed by atoms with Crippen LogP contribution in [0, 0.1) is 0 Å². The summed E-state index contributed by atoms with van der Waals surface area (Å²) in [5.41, 5.74) is 8.90. The Hall–Kier alpha value is -2.20.